The van der Waals surface area contributed by atoms with Gasteiger partial charge in [0.2, 0.25) is 11.8 Å². The van der Waals surface area contributed by atoms with Crippen molar-refractivity contribution in [3.8, 4) is 0 Å². The molecule has 1 heterocycles. The summed E-state index contributed by atoms with van der Waals surface area (Å²) in [6, 6.07) is 11.4. The van der Waals surface area contributed by atoms with Crippen LogP contribution >= 0.6 is 0 Å². The molecule has 0 aliphatic carbocycles. The summed E-state index contributed by atoms with van der Waals surface area (Å²) in [5.41, 5.74) is 2.33. The number of rotatable bonds is 8. The highest BCUT2D eigenvalue weighted by Gasteiger charge is 2.36. The highest BCUT2D eigenvalue weighted by atomic mass is 16.2. The molecule has 0 saturated heterocycles. The molecule has 2 N–H and O–H groups in total. The summed E-state index contributed by atoms with van der Waals surface area (Å²) in [4.78, 5) is 31.8. The molecule has 2 aromatic rings. The normalized spacial score (nSPS) is 11.0. The third-order valence-corrected chi connectivity index (χ3v) is 4.88. The van der Waals surface area contributed by atoms with Crippen molar-refractivity contribution in [3.63, 3.8) is 0 Å². The number of hydrogen-bond donors (Lipinski definition) is 2. The van der Waals surface area contributed by atoms with E-state index in [1.165, 1.54) is 0 Å². The molecule has 0 saturated carbocycles. The molecule has 0 unspecified atom stereocenters. The molecule has 0 bridgehead atoms. The first kappa shape index (κ1) is 21.4. The van der Waals surface area contributed by atoms with E-state index in [4.69, 9.17) is 0 Å². The number of benzene rings is 1. The number of aryl methyl sites for hydroxylation is 1. The minimum absolute atomic E-state index is 0.286. The van der Waals surface area contributed by atoms with Gasteiger partial charge < -0.3 is 15.5 Å². The fourth-order valence-electron chi connectivity index (χ4n) is 2.85. The van der Waals surface area contributed by atoms with Gasteiger partial charge in [0, 0.05) is 30.7 Å². The van der Waals surface area contributed by atoms with Crippen LogP contribution in [0.4, 0.5) is 11.4 Å². The molecule has 1 aromatic carbocycles. The summed E-state index contributed by atoms with van der Waals surface area (Å²) < 4.78 is 0. The summed E-state index contributed by atoms with van der Waals surface area (Å²) in [5, 5.41) is 5.69. The second kappa shape index (κ2) is 9.35. The molecule has 6 heteroatoms. The van der Waals surface area contributed by atoms with Crippen LogP contribution in [0.25, 0.3) is 0 Å². The quantitative estimate of drug-likeness (QED) is 0.685. The predicted molar refractivity (Wildman–Crippen MR) is 113 cm³/mol. The topological polar surface area (TPSA) is 74.3 Å². The Bertz CT molecular complexity index is 815. The van der Waals surface area contributed by atoms with Crippen LogP contribution in [0.2, 0.25) is 0 Å². The third-order valence-electron chi connectivity index (χ3n) is 4.88. The molecule has 2 rings (SSSR count). The first-order chi connectivity index (χ1) is 13.3. The van der Waals surface area contributed by atoms with Crippen LogP contribution < -0.4 is 15.5 Å². The van der Waals surface area contributed by atoms with Gasteiger partial charge in [-0.15, -0.1) is 0 Å². The minimum Gasteiger partial charge on any atom is -0.372 e. The molecular weight excluding hydrogens is 352 g/mol. The Balaban J connectivity index is 2.04. The number of nitrogens with zero attached hydrogens (tertiary/aromatic N) is 2. The lowest BCUT2D eigenvalue weighted by atomic mass is 9.90. The SMILES string of the molecule is CCN(CC)c1ccc(NC(=O)C(C)(C)C(=O)NCc2ccccn2)c(C)c1. The molecule has 6 nitrogen and oxygen atoms in total. The van der Waals surface area contributed by atoms with Crippen LogP contribution in [0.1, 0.15) is 39.0 Å². The maximum Gasteiger partial charge on any atom is 0.239 e. The second-order valence-electron chi connectivity index (χ2n) is 7.25. The van der Waals surface area contributed by atoms with E-state index in [1.807, 2.05) is 37.3 Å². The van der Waals surface area contributed by atoms with Crippen molar-refractivity contribution in [1.82, 2.24) is 10.3 Å². The summed E-state index contributed by atoms with van der Waals surface area (Å²) in [6.07, 6.45) is 1.67. The minimum atomic E-state index is -1.21. The zero-order valence-electron chi connectivity index (χ0n) is 17.4. The van der Waals surface area contributed by atoms with Crippen molar-refractivity contribution in [1.29, 1.82) is 0 Å². The van der Waals surface area contributed by atoms with Gasteiger partial charge in [0.15, 0.2) is 0 Å². The van der Waals surface area contributed by atoms with Crippen LogP contribution in [0.3, 0.4) is 0 Å². The van der Waals surface area contributed by atoms with Crippen molar-refractivity contribution in [3.05, 3.63) is 53.9 Å². The van der Waals surface area contributed by atoms with Gasteiger partial charge in [-0.1, -0.05) is 6.07 Å². The Labute approximate surface area is 167 Å². The second-order valence-corrected chi connectivity index (χ2v) is 7.25. The van der Waals surface area contributed by atoms with Gasteiger partial charge in [0.25, 0.3) is 0 Å². The summed E-state index contributed by atoms with van der Waals surface area (Å²) >= 11 is 0. The molecule has 0 spiro atoms. The van der Waals surface area contributed by atoms with E-state index in [0.717, 1.165) is 30.0 Å². The summed E-state index contributed by atoms with van der Waals surface area (Å²) in [6.45, 7) is 11.5. The Kier molecular flexibility index (Phi) is 7.15. The lowest BCUT2D eigenvalue weighted by molar-refractivity contribution is -0.138. The molecule has 0 fully saturated rings. The van der Waals surface area contributed by atoms with E-state index < -0.39 is 5.41 Å². The van der Waals surface area contributed by atoms with Gasteiger partial charge in [-0.3, -0.25) is 14.6 Å². The lowest BCUT2D eigenvalue weighted by Gasteiger charge is -2.25. The van der Waals surface area contributed by atoms with Crippen LogP contribution in [0.5, 0.6) is 0 Å². The highest BCUT2D eigenvalue weighted by molar-refractivity contribution is 6.10. The first-order valence-electron chi connectivity index (χ1n) is 9.64. The molecule has 150 valence electrons. The van der Waals surface area contributed by atoms with Crippen molar-refractivity contribution in [2.45, 2.75) is 41.2 Å². The van der Waals surface area contributed by atoms with Gasteiger partial charge in [0.05, 0.1) is 12.2 Å². The van der Waals surface area contributed by atoms with E-state index in [-0.39, 0.29) is 18.4 Å². The van der Waals surface area contributed by atoms with Gasteiger partial charge in [-0.05, 0) is 70.5 Å². The molecular formula is C22H30N4O2. The summed E-state index contributed by atoms with van der Waals surface area (Å²) in [5.74, 6) is -0.683. The van der Waals surface area contributed by atoms with E-state index in [0.29, 0.717) is 5.69 Å². The standard InChI is InChI=1S/C22H30N4O2/c1-6-26(7-2)18-11-12-19(16(3)14-18)25-21(28)22(4,5)20(27)24-15-17-10-8-9-13-23-17/h8-14H,6-7,15H2,1-5H3,(H,24,27)(H,25,28). The van der Waals surface area contributed by atoms with E-state index in [1.54, 1.807) is 20.0 Å². The maximum absolute atomic E-state index is 12.8. The molecule has 1 aromatic heterocycles. The van der Waals surface area contributed by atoms with Crippen molar-refractivity contribution < 1.29 is 9.59 Å². The number of hydrogen-bond acceptors (Lipinski definition) is 4. The van der Waals surface area contributed by atoms with E-state index in [2.05, 4.69) is 40.4 Å². The van der Waals surface area contributed by atoms with Gasteiger partial charge in [0.1, 0.15) is 5.41 Å². The fourth-order valence-corrected chi connectivity index (χ4v) is 2.85. The zero-order chi connectivity index (χ0) is 20.7. The average Bonchev–Trinajstić information content (AvgIpc) is 2.69. The van der Waals surface area contributed by atoms with Gasteiger partial charge in [-0.2, -0.15) is 0 Å². The monoisotopic (exact) mass is 382 g/mol. The smallest absolute Gasteiger partial charge is 0.239 e. The van der Waals surface area contributed by atoms with Crippen molar-refractivity contribution in [2.75, 3.05) is 23.3 Å². The summed E-state index contributed by atoms with van der Waals surface area (Å²) in [7, 11) is 0. The Morgan fingerprint density at radius 3 is 2.36 bits per heavy atom. The van der Waals surface area contributed by atoms with Crippen LogP contribution in [-0.2, 0) is 16.1 Å². The largest absolute Gasteiger partial charge is 0.372 e. The van der Waals surface area contributed by atoms with Crippen LogP contribution in [0.15, 0.2) is 42.6 Å². The van der Waals surface area contributed by atoms with Crippen LogP contribution in [-0.4, -0.2) is 29.9 Å². The number of anilines is 2. The maximum atomic E-state index is 12.8. The van der Waals surface area contributed by atoms with Gasteiger partial charge in [-0.25, -0.2) is 0 Å². The number of nitrogens with one attached hydrogen (secondary N) is 2. The number of carbonyl (C=O) groups excluding carboxylic acids is 2. The fraction of sp³-hybridized carbons (Fsp3) is 0.409. The molecule has 2 amide bonds. The predicted octanol–water partition coefficient (Wildman–Crippen LogP) is 3.52. The number of carbonyl (C=O) groups is 2. The van der Waals surface area contributed by atoms with E-state index >= 15 is 0 Å². The molecule has 0 atom stereocenters. The Morgan fingerprint density at radius 1 is 1.07 bits per heavy atom. The number of aromatic nitrogens is 1. The average molecular weight is 383 g/mol. The number of pyridine rings is 1. The number of amides is 2. The molecule has 0 radical (unpaired) electrons. The molecule has 0 aliphatic rings. The van der Waals surface area contributed by atoms with Gasteiger partial charge >= 0.3 is 0 Å². The highest BCUT2D eigenvalue weighted by Crippen LogP contribution is 2.25. The molecule has 0 aliphatic heterocycles. The van der Waals surface area contributed by atoms with Crippen molar-refractivity contribution >= 4 is 23.2 Å². The zero-order valence-corrected chi connectivity index (χ0v) is 17.4. The Hall–Kier alpha value is -2.89. The van der Waals surface area contributed by atoms with Crippen molar-refractivity contribution in [2.24, 2.45) is 5.41 Å². The third kappa shape index (κ3) is 5.09. The molecule has 28 heavy (non-hydrogen) atoms. The Morgan fingerprint density at radius 2 is 1.79 bits per heavy atom. The van der Waals surface area contributed by atoms with Crippen LogP contribution in [0, 0.1) is 12.3 Å². The van der Waals surface area contributed by atoms with E-state index in [9.17, 15) is 9.59 Å². The first-order valence-corrected chi connectivity index (χ1v) is 9.64. The lowest BCUT2D eigenvalue weighted by Crippen LogP contribution is -2.45.